The fourth-order valence-corrected chi connectivity index (χ4v) is 2.27. The van der Waals surface area contributed by atoms with Gasteiger partial charge in [-0.2, -0.15) is 11.8 Å². The molecule has 1 atom stereocenters. The van der Waals surface area contributed by atoms with Crippen molar-refractivity contribution in [2.75, 3.05) is 37.6 Å². The van der Waals surface area contributed by atoms with E-state index >= 15 is 0 Å². The molecule has 0 spiro atoms. The van der Waals surface area contributed by atoms with Crippen molar-refractivity contribution in [2.45, 2.75) is 12.5 Å². The Morgan fingerprint density at radius 1 is 1.48 bits per heavy atom. The summed E-state index contributed by atoms with van der Waals surface area (Å²) in [6.45, 7) is 0.903. The Balaban J connectivity index is 2.56. The molecule has 3 N–H and O–H groups in total. The number of nitrogens with one attached hydrogen (secondary N) is 1. The fourth-order valence-electron chi connectivity index (χ4n) is 1.54. The molecule has 118 valence electrons. The number of hydrogen-bond donors (Lipinski definition) is 2. The number of benzene rings is 1. The fraction of sp³-hybridized carbons (Fsp3) is 0.500. The Hall–Kier alpha value is -0.950. The number of halogens is 1. The Morgan fingerprint density at radius 2 is 2.24 bits per heavy atom. The molecule has 0 unspecified atom stereocenters. The normalized spacial score (nSPS) is 12.0. The maximum absolute atomic E-state index is 11.9. The van der Waals surface area contributed by atoms with Crippen molar-refractivity contribution >= 4 is 35.0 Å². The van der Waals surface area contributed by atoms with Gasteiger partial charge in [0.25, 0.3) is 0 Å². The summed E-state index contributed by atoms with van der Waals surface area (Å²) in [5.74, 6) is 1.19. The SMILES string of the molecule is COCCOc1ccc(NC(=O)[C@@H](N)CCSC)cc1Cl. The number of carbonyl (C=O) groups excluding carboxylic acids is 1. The summed E-state index contributed by atoms with van der Waals surface area (Å²) in [6, 6.07) is 4.56. The van der Waals surface area contributed by atoms with Crippen LogP contribution in [0.2, 0.25) is 5.02 Å². The average molecular weight is 333 g/mol. The lowest BCUT2D eigenvalue weighted by atomic mass is 10.2. The summed E-state index contributed by atoms with van der Waals surface area (Å²) in [4.78, 5) is 11.9. The van der Waals surface area contributed by atoms with Gasteiger partial charge in [-0.25, -0.2) is 0 Å². The molecule has 0 aromatic heterocycles. The second-order valence-electron chi connectivity index (χ2n) is 4.36. The Bertz CT molecular complexity index is 460. The Morgan fingerprint density at radius 3 is 2.86 bits per heavy atom. The lowest BCUT2D eigenvalue weighted by Crippen LogP contribution is -2.36. The van der Waals surface area contributed by atoms with Gasteiger partial charge in [-0.3, -0.25) is 4.79 Å². The van der Waals surface area contributed by atoms with E-state index in [1.807, 2.05) is 6.26 Å². The number of anilines is 1. The molecular weight excluding hydrogens is 312 g/mol. The number of nitrogens with two attached hydrogens (primary N) is 1. The highest BCUT2D eigenvalue weighted by molar-refractivity contribution is 7.98. The number of hydrogen-bond acceptors (Lipinski definition) is 5. The number of carbonyl (C=O) groups is 1. The topological polar surface area (TPSA) is 73.6 Å². The van der Waals surface area contributed by atoms with Crippen molar-refractivity contribution in [1.29, 1.82) is 0 Å². The smallest absolute Gasteiger partial charge is 0.241 e. The van der Waals surface area contributed by atoms with Crippen molar-refractivity contribution in [2.24, 2.45) is 5.73 Å². The molecule has 0 heterocycles. The number of amides is 1. The van der Waals surface area contributed by atoms with Gasteiger partial charge in [-0.05, 0) is 36.6 Å². The van der Waals surface area contributed by atoms with Crippen molar-refractivity contribution < 1.29 is 14.3 Å². The maximum Gasteiger partial charge on any atom is 0.241 e. The van der Waals surface area contributed by atoms with Gasteiger partial charge in [-0.15, -0.1) is 0 Å². The molecule has 0 saturated carbocycles. The molecular formula is C14H21ClN2O3S. The van der Waals surface area contributed by atoms with E-state index in [2.05, 4.69) is 5.32 Å². The van der Waals surface area contributed by atoms with Crippen LogP contribution in [-0.4, -0.2) is 44.3 Å². The monoisotopic (exact) mass is 332 g/mol. The van der Waals surface area contributed by atoms with Crippen LogP contribution in [0.1, 0.15) is 6.42 Å². The predicted octanol–water partition coefficient (Wildman–Crippen LogP) is 2.38. The number of methoxy groups -OCH3 is 1. The lowest BCUT2D eigenvalue weighted by molar-refractivity contribution is -0.117. The van der Waals surface area contributed by atoms with Crippen LogP contribution in [0.25, 0.3) is 0 Å². The number of thioether (sulfide) groups is 1. The van der Waals surface area contributed by atoms with Gasteiger partial charge in [0.2, 0.25) is 5.91 Å². The van der Waals surface area contributed by atoms with Gasteiger partial charge >= 0.3 is 0 Å². The van der Waals surface area contributed by atoms with E-state index in [0.717, 1.165) is 5.75 Å². The minimum atomic E-state index is -0.520. The highest BCUT2D eigenvalue weighted by Gasteiger charge is 2.13. The van der Waals surface area contributed by atoms with Gasteiger partial charge < -0.3 is 20.5 Å². The molecule has 5 nitrogen and oxygen atoms in total. The van der Waals surface area contributed by atoms with E-state index in [-0.39, 0.29) is 5.91 Å². The molecule has 1 amide bonds. The summed E-state index contributed by atoms with van der Waals surface area (Å²) in [5.41, 5.74) is 6.40. The first-order valence-corrected chi connectivity index (χ1v) is 8.32. The standard InChI is InChI=1S/C14H21ClN2O3S/c1-19-6-7-20-13-4-3-10(9-11(13)15)17-14(18)12(16)5-8-21-2/h3-4,9,12H,5-8,16H2,1-2H3,(H,17,18)/t12-/m0/s1. The molecule has 0 aliphatic rings. The third kappa shape index (κ3) is 6.56. The third-order valence-electron chi connectivity index (χ3n) is 2.71. The van der Waals surface area contributed by atoms with E-state index < -0.39 is 6.04 Å². The molecule has 1 aromatic rings. The van der Waals surface area contributed by atoms with Gasteiger partial charge in [0.1, 0.15) is 12.4 Å². The van der Waals surface area contributed by atoms with Crippen molar-refractivity contribution in [1.82, 2.24) is 0 Å². The highest BCUT2D eigenvalue weighted by atomic mass is 35.5. The quantitative estimate of drug-likeness (QED) is 0.679. The second kappa shape index (κ2) is 9.89. The van der Waals surface area contributed by atoms with Crippen LogP contribution in [0, 0.1) is 0 Å². The summed E-state index contributed by atoms with van der Waals surface area (Å²) < 4.78 is 10.3. The Labute approximate surface area is 134 Å². The molecule has 0 bridgehead atoms. The van der Waals surface area contributed by atoms with E-state index in [0.29, 0.717) is 36.1 Å². The van der Waals surface area contributed by atoms with Crippen molar-refractivity contribution in [3.05, 3.63) is 23.2 Å². The highest BCUT2D eigenvalue weighted by Crippen LogP contribution is 2.27. The summed E-state index contributed by atoms with van der Waals surface area (Å²) >= 11 is 7.76. The number of ether oxygens (including phenoxy) is 2. The predicted molar refractivity (Wildman–Crippen MR) is 88.4 cm³/mol. The van der Waals surface area contributed by atoms with E-state index in [4.69, 9.17) is 26.8 Å². The minimum Gasteiger partial charge on any atom is -0.490 e. The van der Waals surface area contributed by atoms with Crippen LogP contribution in [0.3, 0.4) is 0 Å². The average Bonchev–Trinajstić information content (AvgIpc) is 2.47. The van der Waals surface area contributed by atoms with Gasteiger partial charge in [0.15, 0.2) is 0 Å². The molecule has 7 heteroatoms. The van der Waals surface area contributed by atoms with E-state index in [1.165, 1.54) is 0 Å². The minimum absolute atomic E-state index is 0.215. The molecule has 1 rings (SSSR count). The zero-order valence-corrected chi connectivity index (χ0v) is 13.8. The largest absolute Gasteiger partial charge is 0.490 e. The lowest BCUT2D eigenvalue weighted by Gasteiger charge is -2.13. The third-order valence-corrected chi connectivity index (χ3v) is 3.65. The summed E-state index contributed by atoms with van der Waals surface area (Å²) in [7, 11) is 1.60. The van der Waals surface area contributed by atoms with Crippen LogP contribution >= 0.6 is 23.4 Å². The van der Waals surface area contributed by atoms with E-state index in [9.17, 15) is 4.79 Å². The number of rotatable bonds is 9. The first-order valence-electron chi connectivity index (χ1n) is 6.55. The van der Waals surface area contributed by atoms with Gasteiger partial charge in [-0.1, -0.05) is 11.6 Å². The summed E-state index contributed by atoms with van der Waals surface area (Å²) in [6.07, 6.45) is 2.62. The zero-order chi connectivity index (χ0) is 15.7. The maximum atomic E-state index is 11.9. The molecule has 0 radical (unpaired) electrons. The summed E-state index contributed by atoms with van der Waals surface area (Å²) in [5, 5.41) is 3.18. The molecule has 0 aliphatic carbocycles. The zero-order valence-electron chi connectivity index (χ0n) is 12.2. The van der Waals surface area contributed by atoms with Crippen LogP contribution < -0.4 is 15.8 Å². The molecule has 0 saturated heterocycles. The Kier molecular flexibility index (Phi) is 8.52. The first-order chi connectivity index (χ1) is 10.1. The van der Waals surface area contributed by atoms with Crippen LogP contribution in [-0.2, 0) is 9.53 Å². The molecule has 1 aromatic carbocycles. The first kappa shape index (κ1) is 18.1. The molecule has 21 heavy (non-hydrogen) atoms. The molecule has 0 fully saturated rings. The van der Waals surface area contributed by atoms with Crippen molar-refractivity contribution in [3.8, 4) is 5.75 Å². The van der Waals surface area contributed by atoms with Gasteiger partial charge in [0, 0.05) is 12.8 Å². The van der Waals surface area contributed by atoms with Crippen LogP contribution in [0.5, 0.6) is 5.75 Å². The second-order valence-corrected chi connectivity index (χ2v) is 5.76. The van der Waals surface area contributed by atoms with Crippen LogP contribution in [0.15, 0.2) is 18.2 Å². The molecule has 0 aliphatic heterocycles. The van der Waals surface area contributed by atoms with Crippen LogP contribution in [0.4, 0.5) is 5.69 Å². The van der Waals surface area contributed by atoms with Crippen molar-refractivity contribution in [3.63, 3.8) is 0 Å². The van der Waals surface area contributed by atoms with E-state index in [1.54, 1.807) is 37.1 Å². The van der Waals surface area contributed by atoms with Gasteiger partial charge in [0.05, 0.1) is 17.7 Å².